The molecule has 35 heavy (non-hydrogen) atoms. The molecule has 9 heteroatoms. The van der Waals surface area contributed by atoms with Crippen molar-refractivity contribution < 1.29 is 31.1 Å². The summed E-state index contributed by atoms with van der Waals surface area (Å²) >= 11 is 0. The zero-order chi connectivity index (χ0) is 25.6. The average Bonchev–Trinajstić information content (AvgIpc) is 2.79. The maximum atomic E-state index is 13.2. The van der Waals surface area contributed by atoms with Gasteiger partial charge in [0.1, 0.15) is 0 Å². The Kier molecular flexibility index (Phi) is 8.58. The topological polar surface area (TPSA) is 47.3 Å². The van der Waals surface area contributed by atoms with Gasteiger partial charge in [-0.25, -0.2) is 0 Å². The quantitative estimate of drug-likeness (QED) is 0.269. The number of nitrogens with two attached hydrogens (primary N) is 1. The number of benzene rings is 3. The molecular weight excluding hydrogens is 470 g/mol. The Bertz CT molecular complexity index is 997. The fourth-order valence-corrected chi connectivity index (χ4v) is 3.96. The number of hydrogen-bond donors (Lipinski definition) is 2. The first-order chi connectivity index (χ1) is 16.4. The molecule has 0 aromatic heterocycles. The molecule has 3 N–H and O–H groups in total. The van der Waals surface area contributed by atoms with Crippen LogP contribution < -0.4 is 11.1 Å². The molecule has 2 unspecified atom stereocenters. The van der Waals surface area contributed by atoms with Gasteiger partial charge in [0, 0.05) is 12.0 Å². The van der Waals surface area contributed by atoms with Crippen molar-refractivity contribution in [2.75, 3.05) is 6.61 Å². The number of halogens is 6. The Morgan fingerprint density at radius 1 is 0.771 bits per heavy atom. The molecule has 0 fully saturated rings. The minimum atomic E-state index is -4.92. The largest absolute Gasteiger partial charge is 0.416 e. The first-order valence-electron chi connectivity index (χ1n) is 10.9. The first kappa shape index (κ1) is 26.7. The summed E-state index contributed by atoms with van der Waals surface area (Å²) in [7, 11) is 0. The molecule has 0 saturated heterocycles. The molecule has 0 aliphatic rings. The monoisotopic (exact) mass is 496 g/mol. The zero-order valence-electron chi connectivity index (χ0n) is 18.9. The molecule has 3 rings (SSSR count). The molecule has 0 bridgehead atoms. The van der Waals surface area contributed by atoms with Gasteiger partial charge in [0.05, 0.1) is 30.5 Å². The van der Waals surface area contributed by atoms with Crippen LogP contribution in [0.4, 0.5) is 26.3 Å². The van der Waals surface area contributed by atoms with Crippen molar-refractivity contribution in [2.24, 2.45) is 5.73 Å². The Morgan fingerprint density at radius 2 is 1.23 bits per heavy atom. The summed E-state index contributed by atoms with van der Waals surface area (Å²) in [5, 5.41) is 3.23. The summed E-state index contributed by atoms with van der Waals surface area (Å²) in [6.45, 7) is 1.30. The van der Waals surface area contributed by atoms with E-state index in [0.29, 0.717) is 12.1 Å². The van der Waals surface area contributed by atoms with E-state index in [2.05, 4.69) is 5.32 Å². The Balaban J connectivity index is 1.87. The maximum Gasteiger partial charge on any atom is 0.416 e. The number of rotatable bonds is 9. The first-order valence-corrected chi connectivity index (χ1v) is 10.9. The fourth-order valence-electron chi connectivity index (χ4n) is 3.96. The second-order valence-corrected chi connectivity index (χ2v) is 8.29. The zero-order valence-corrected chi connectivity index (χ0v) is 18.9. The van der Waals surface area contributed by atoms with E-state index < -0.39 is 42.3 Å². The summed E-state index contributed by atoms with van der Waals surface area (Å²) in [5.74, 6) is -0.226. The number of alkyl halides is 6. The van der Waals surface area contributed by atoms with Crippen LogP contribution in [-0.4, -0.2) is 18.8 Å². The molecule has 0 heterocycles. The molecule has 0 radical (unpaired) electrons. The van der Waals surface area contributed by atoms with Gasteiger partial charge in [-0.3, -0.25) is 5.32 Å². The van der Waals surface area contributed by atoms with Gasteiger partial charge in [-0.15, -0.1) is 0 Å². The highest BCUT2D eigenvalue weighted by Crippen LogP contribution is 2.36. The van der Waals surface area contributed by atoms with Crippen LogP contribution in [0.5, 0.6) is 0 Å². The molecule has 3 nitrogen and oxygen atoms in total. The number of nitrogens with one attached hydrogen (secondary N) is 1. The minimum absolute atomic E-state index is 0.00636. The summed E-state index contributed by atoms with van der Waals surface area (Å²) in [4.78, 5) is 0. The van der Waals surface area contributed by atoms with E-state index in [1.54, 1.807) is 6.92 Å². The van der Waals surface area contributed by atoms with Crippen LogP contribution in [0, 0.1) is 0 Å². The smallest absolute Gasteiger partial charge is 0.375 e. The van der Waals surface area contributed by atoms with Crippen LogP contribution in [0.3, 0.4) is 0 Å². The van der Waals surface area contributed by atoms with Gasteiger partial charge in [0.25, 0.3) is 0 Å². The predicted molar refractivity (Wildman–Crippen MR) is 121 cm³/mol. The Labute approximate surface area is 199 Å². The molecular formula is C26H26F6N2O. The maximum absolute atomic E-state index is 13.2. The van der Waals surface area contributed by atoms with Crippen LogP contribution in [0.2, 0.25) is 0 Å². The third-order valence-electron chi connectivity index (χ3n) is 5.41. The number of hydrogen-bond acceptors (Lipinski definition) is 3. The van der Waals surface area contributed by atoms with Gasteiger partial charge in [-0.1, -0.05) is 60.7 Å². The summed E-state index contributed by atoms with van der Waals surface area (Å²) in [6, 6.07) is 20.1. The molecule has 0 amide bonds. The van der Waals surface area contributed by atoms with Crippen molar-refractivity contribution in [3.63, 3.8) is 0 Å². The van der Waals surface area contributed by atoms with Crippen LogP contribution in [0.15, 0.2) is 78.9 Å². The van der Waals surface area contributed by atoms with Crippen molar-refractivity contribution in [2.45, 2.75) is 44.0 Å². The lowest BCUT2D eigenvalue weighted by Gasteiger charge is -2.30. The van der Waals surface area contributed by atoms with E-state index in [1.165, 1.54) is 0 Å². The van der Waals surface area contributed by atoms with Gasteiger partial charge in [0.15, 0.2) is 0 Å². The van der Waals surface area contributed by atoms with Crippen molar-refractivity contribution in [1.29, 1.82) is 0 Å². The predicted octanol–water partition coefficient (Wildman–Crippen LogP) is 6.34. The number of ether oxygens (including phenoxy) is 1. The molecule has 0 aliphatic carbocycles. The van der Waals surface area contributed by atoms with Gasteiger partial charge >= 0.3 is 12.4 Å². The van der Waals surface area contributed by atoms with Crippen molar-refractivity contribution in [3.05, 3.63) is 107 Å². The normalized spacial score (nSPS) is 14.2. The summed E-state index contributed by atoms with van der Waals surface area (Å²) in [5.41, 5.74) is 4.94. The highest BCUT2D eigenvalue weighted by molar-refractivity contribution is 5.35. The van der Waals surface area contributed by atoms with Crippen molar-refractivity contribution in [1.82, 2.24) is 5.32 Å². The molecule has 0 spiro atoms. The van der Waals surface area contributed by atoms with E-state index in [4.69, 9.17) is 10.5 Å². The SMILES string of the molecule is CC(N)NC(COCc1cc(C(F)(F)F)cc(C(F)(F)F)c1)C(c1ccccc1)c1ccccc1. The minimum Gasteiger partial charge on any atom is -0.375 e. The van der Waals surface area contributed by atoms with E-state index in [-0.39, 0.29) is 24.2 Å². The lowest BCUT2D eigenvalue weighted by atomic mass is 9.85. The van der Waals surface area contributed by atoms with Crippen LogP contribution >= 0.6 is 0 Å². The van der Waals surface area contributed by atoms with Gasteiger partial charge in [-0.2, -0.15) is 26.3 Å². The Morgan fingerprint density at radius 3 is 1.63 bits per heavy atom. The molecule has 0 aliphatic heterocycles. The second kappa shape index (κ2) is 11.2. The lowest BCUT2D eigenvalue weighted by molar-refractivity contribution is -0.143. The molecule has 2 atom stereocenters. The van der Waals surface area contributed by atoms with E-state index in [9.17, 15) is 26.3 Å². The van der Waals surface area contributed by atoms with E-state index >= 15 is 0 Å². The average molecular weight is 496 g/mol. The molecule has 188 valence electrons. The van der Waals surface area contributed by atoms with Crippen LogP contribution in [0.1, 0.15) is 40.7 Å². The van der Waals surface area contributed by atoms with Gasteiger partial charge < -0.3 is 10.5 Å². The third kappa shape index (κ3) is 7.55. The highest BCUT2D eigenvalue weighted by atomic mass is 19.4. The summed E-state index contributed by atoms with van der Waals surface area (Å²) in [6.07, 6.45) is -10.3. The van der Waals surface area contributed by atoms with Crippen LogP contribution in [-0.2, 0) is 23.7 Å². The van der Waals surface area contributed by atoms with E-state index in [0.717, 1.165) is 11.1 Å². The van der Waals surface area contributed by atoms with Crippen molar-refractivity contribution >= 4 is 0 Å². The fraction of sp³-hybridized carbons (Fsp3) is 0.308. The summed E-state index contributed by atoms with van der Waals surface area (Å²) < 4.78 is 84.8. The molecule has 0 saturated carbocycles. The second-order valence-electron chi connectivity index (χ2n) is 8.29. The molecule has 3 aromatic rings. The van der Waals surface area contributed by atoms with Gasteiger partial charge in [-0.05, 0) is 41.8 Å². The molecule has 3 aromatic carbocycles. The van der Waals surface area contributed by atoms with E-state index in [1.807, 2.05) is 60.7 Å². The standard InChI is InChI=1S/C26H26F6N2O/c1-17(33)34-23(24(19-8-4-2-5-9-19)20-10-6-3-7-11-20)16-35-15-18-12-21(25(27,28)29)14-22(13-18)26(30,31)32/h2-14,17,23-24,34H,15-16,33H2,1H3. The Hall–Kier alpha value is -2.88. The lowest BCUT2D eigenvalue weighted by Crippen LogP contribution is -2.47. The third-order valence-corrected chi connectivity index (χ3v) is 5.41. The van der Waals surface area contributed by atoms with Gasteiger partial charge in [0.2, 0.25) is 0 Å². The highest BCUT2D eigenvalue weighted by Gasteiger charge is 2.37. The van der Waals surface area contributed by atoms with Crippen LogP contribution in [0.25, 0.3) is 0 Å². The van der Waals surface area contributed by atoms with Crippen molar-refractivity contribution in [3.8, 4) is 0 Å².